The molecule has 0 aromatic carbocycles. The van der Waals surface area contributed by atoms with E-state index in [-0.39, 0.29) is 6.03 Å². The molecule has 112 valence electrons. The zero-order chi connectivity index (χ0) is 15.1. The van der Waals surface area contributed by atoms with Crippen molar-refractivity contribution in [3.05, 3.63) is 42.6 Å². The highest BCUT2D eigenvalue weighted by Gasteiger charge is 2.07. The van der Waals surface area contributed by atoms with Gasteiger partial charge in [0.2, 0.25) is 0 Å². The molecule has 6 heteroatoms. The largest absolute Gasteiger partial charge is 0.338 e. The van der Waals surface area contributed by atoms with E-state index in [1.165, 1.54) is 0 Å². The maximum atomic E-state index is 11.7. The van der Waals surface area contributed by atoms with Crippen LogP contribution in [-0.2, 0) is 6.54 Å². The maximum absolute atomic E-state index is 11.7. The monoisotopic (exact) mass is 287 g/mol. The zero-order valence-electron chi connectivity index (χ0n) is 12.4. The molecule has 2 rings (SSSR count). The van der Waals surface area contributed by atoms with Gasteiger partial charge in [0.25, 0.3) is 0 Å². The maximum Gasteiger partial charge on any atom is 0.315 e. The van der Waals surface area contributed by atoms with Crippen molar-refractivity contribution in [1.29, 1.82) is 0 Å². The summed E-state index contributed by atoms with van der Waals surface area (Å²) in [6.07, 6.45) is 7.91. The molecule has 2 aromatic heterocycles. The third-order valence-corrected chi connectivity index (χ3v) is 3.06. The van der Waals surface area contributed by atoms with Gasteiger partial charge in [-0.25, -0.2) is 14.8 Å². The number of nitrogens with one attached hydrogen (secondary N) is 2. The minimum absolute atomic E-state index is 0.156. The van der Waals surface area contributed by atoms with E-state index < -0.39 is 0 Å². The Morgan fingerprint density at radius 1 is 1.33 bits per heavy atom. The summed E-state index contributed by atoms with van der Waals surface area (Å²) in [7, 11) is 0. The Morgan fingerprint density at radius 3 is 2.90 bits per heavy atom. The van der Waals surface area contributed by atoms with E-state index in [1.807, 2.05) is 22.9 Å². The van der Waals surface area contributed by atoms with Crippen LogP contribution >= 0.6 is 0 Å². The van der Waals surface area contributed by atoms with Crippen LogP contribution in [0.3, 0.4) is 0 Å². The molecule has 2 amide bonds. The molecule has 2 aromatic rings. The lowest BCUT2D eigenvalue weighted by Crippen LogP contribution is -2.36. The minimum Gasteiger partial charge on any atom is -0.338 e. The lowest BCUT2D eigenvalue weighted by atomic mass is 10.1. The molecule has 0 bridgehead atoms. The highest BCUT2D eigenvalue weighted by Crippen LogP contribution is 2.10. The van der Waals surface area contributed by atoms with E-state index in [0.717, 1.165) is 17.8 Å². The van der Waals surface area contributed by atoms with Gasteiger partial charge in [-0.3, -0.25) is 4.57 Å². The molecule has 21 heavy (non-hydrogen) atoms. The average molecular weight is 287 g/mol. The van der Waals surface area contributed by atoms with Crippen molar-refractivity contribution < 1.29 is 4.79 Å². The SMILES string of the molecule is CC(C)CCNC(=O)NCc1cccnc1-n1ccnc1. The Labute approximate surface area is 124 Å². The molecular formula is C15H21N5O. The van der Waals surface area contributed by atoms with E-state index in [0.29, 0.717) is 19.0 Å². The number of rotatable bonds is 6. The summed E-state index contributed by atoms with van der Waals surface area (Å²) in [5.74, 6) is 1.36. The predicted octanol–water partition coefficient (Wildman–Crippen LogP) is 2.11. The Balaban J connectivity index is 1.90. The number of hydrogen-bond acceptors (Lipinski definition) is 3. The zero-order valence-corrected chi connectivity index (χ0v) is 12.4. The van der Waals surface area contributed by atoms with Crippen LogP contribution in [0.5, 0.6) is 0 Å². The molecule has 0 aliphatic carbocycles. The number of pyridine rings is 1. The first-order valence-electron chi connectivity index (χ1n) is 7.10. The molecule has 0 saturated carbocycles. The van der Waals surface area contributed by atoms with Gasteiger partial charge in [0.15, 0.2) is 0 Å². The number of nitrogens with zero attached hydrogens (tertiary/aromatic N) is 3. The van der Waals surface area contributed by atoms with E-state index in [9.17, 15) is 4.79 Å². The summed E-state index contributed by atoms with van der Waals surface area (Å²) in [6, 6.07) is 3.64. The van der Waals surface area contributed by atoms with Gasteiger partial charge >= 0.3 is 6.03 Å². The molecular weight excluding hydrogens is 266 g/mol. The summed E-state index contributed by atoms with van der Waals surface area (Å²) < 4.78 is 1.83. The summed E-state index contributed by atoms with van der Waals surface area (Å²) >= 11 is 0. The predicted molar refractivity (Wildman–Crippen MR) is 81.1 cm³/mol. The Morgan fingerprint density at radius 2 is 2.19 bits per heavy atom. The van der Waals surface area contributed by atoms with Crippen LogP contribution in [0.2, 0.25) is 0 Å². The fourth-order valence-electron chi connectivity index (χ4n) is 1.90. The lowest BCUT2D eigenvalue weighted by molar-refractivity contribution is 0.240. The molecule has 2 N–H and O–H groups in total. The second-order valence-electron chi connectivity index (χ2n) is 5.25. The van der Waals surface area contributed by atoms with Crippen molar-refractivity contribution in [1.82, 2.24) is 25.2 Å². The number of carbonyl (C=O) groups excluding carboxylic acids is 1. The highest BCUT2D eigenvalue weighted by atomic mass is 16.2. The third-order valence-electron chi connectivity index (χ3n) is 3.06. The third kappa shape index (κ3) is 4.59. The van der Waals surface area contributed by atoms with Crippen molar-refractivity contribution in [3.63, 3.8) is 0 Å². The van der Waals surface area contributed by atoms with Crippen molar-refractivity contribution in [2.75, 3.05) is 6.54 Å². The van der Waals surface area contributed by atoms with Crippen LogP contribution in [0.1, 0.15) is 25.8 Å². The fourth-order valence-corrected chi connectivity index (χ4v) is 1.90. The second-order valence-corrected chi connectivity index (χ2v) is 5.25. The van der Waals surface area contributed by atoms with Crippen molar-refractivity contribution in [3.8, 4) is 5.82 Å². The van der Waals surface area contributed by atoms with Crippen LogP contribution in [0.25, 0.3) is 5.82 Å². The van der Waals surface area contributed by atoms with Gasteiger partial charge < -0.3 is 10.6 Å². The normalized spacial score (nSPS) is 10.6. The first kappa shape index (κ1) is 15.0. The van der Waals surface area contributed by atoms with Gasteiger partial charge in [-0.1, -0.05) is 19.9 Å². The van der Waals surface area contributed by atoms with Gasteiger partial charge in [-0.05, 0) is 18.4 Å². The van der Waals surface area contributed by atoms with Crippen molar-refractivity contribution in [2.24, 2.45) is 5.92 Å². The van der Waals surface area contributed by atoms with E-state index in [4.69, 9.17) is 0 Å². The Kier molecular flexibility index (Phi) is 5.31. The van der Waals surface area contributed by atoms with Crippen LogP contribution < -0.4 is 10.6 Å². The van der Waals surface area contributed by atoms with Gasteiger partial charge in [0, 0.05) is 37.2 Å². The number of amides is 2. The number of hydrogen-bond donors (Lipinski definition) is 2. The van der Waals surface area contributed by atoms with Crippen LogP contribution in [0.15, 0.2) is 37.1 Å². The minimum atomic E-state index is -0.156. The average Bonchev–Trinajstić information content (AvgIpc) is 2.99. The lowest BCUT2D eigenvalue weighted by Gasteiger charge is -2.11. The quantitative estimate of drug-likeness (QED) is 0.854. The standard InChI is InChI=1S/C15H21N5O/c1-12(2)5-7-18-15(21)19-10-13-4-3-6-17-14(13)20-9-8-16-11-20/h3-4,6,8-9,11-12H,5,7,10H2,1-2H3,(H2,18,19,21). The summed E-state index contributed by atoms with van der Waals surface area (Å²) in [5, 5.41) is 5.70. The summed E-state index contributed by atoms with van der Waals surface area (Å²) in [5.41, 5.74) is 0.939. The Hall–Kier alpha value is -2.37. The first-order chi connectivity index (χ1) is 10.2. The van der Waals surface area contributed by atoms with Crippen LogP contribution in [0.4, 0.5) is 4.79 Å². The molecule has 0 atom stereocenters. The molecule has 6 nitrogen and oxygen atoms in total. The van der Waals surface area contributed by atoms with Crippen molar-refractivity contribution >= 4 is 6.03 Å². The van der Waals surface area contributed by atoms with Gasteiger partial charge in [0.1, 0.15) is 12.1 Å². The smallest absolute Gasteiger partial charge is 0.315 e. The summed E-state index contributed by atoms with van der Waals surface area (Å²) in [4.78, 5) is 20.1. The van der Waals surface area contributed by atoms with E-state index >= 15 is 0 Å². The Bertz CT molecular complexity index is 565. The molecule has 0 spiro atoms. The number of carbonyl (C=O) groups is 1. The molecule has 0 unspecified atom stereocenters. The molecule has 0 saturated heterocycles. The molecule has 0 radical (unpaired) electrons. The van der Waals surface area contributed by atoms with E-state index in [2.05, 4.69) is 34.4 Å². The topological polar surface area (TPSA) is 71.8 Å². The molecule has 0 aliphatic heterocycles. The number of imidazole rings is 1. The van der Waals surface area contributed by atoms with Gasteiger partial charge in [-0.2, -0.15) is 0 Å². The van der Waals surface area contributed by atoms with Gasteiger partial charge in [0.05, 0.1) is 0 Å². The van der Waals surface area contributed by atoms with Crippen LogP contribution in [0, 0.1) is 5.92 Å². The highest BCUT2D eigenvalue weighted by molar-refractivity contribution is 5.73. The number of aromatic nitrogens is 3. The van der Waals surface area contributed by atoms with Gasteiger partial charge in [-0.15, -0.1) is 0 Å². The van der Waals surface area contributed by atoms with Crippen LogP contribution in [-0.4, -0.2) is 27.1 Å². The molecule has 2 heterocycles. The first-order valence-corrected chi connectivity index (χ1v) is 7.10. The number of urea groups is 1. The second kappa shape index (κ2) is 7.42. The molecule has 0 aliphatic rings. The summed E-state index contributed by atoms with van der Waals surface area (Å²) in [6.45, 7) is 5.37. The van der Waals surface area contributed by atoms with E-state index in [1.54, 1.807) is 18.7 Å². The van der Waals surface area contributed by atoms with Crippen molar-refractivity contribution in [2.45, 2.75) is 26.8 Å². The fraction of sp³-hybridized carbons (Fsp3) is 0.400. The molecule has 0 fully saturated rings.